The van der Waals surface area contributed by atoms with Gasteiger partial charge in [-0.3, -0.25) is 29.9 Å². The summed E-state index contributed by atoms with van der Waals surface area (Å²) < 4.78 is 0.959. The number of H-pyrrole nitrogens is 1. The van der Waals surface area contributed by atoms with E-state index in [1.165, 1.54) is 0 Å². The number of nitro groups is 1. The lowest BCUT2D eigenvalue weighted by molar-refractivity contribution is -0.386. The summed E-state index contributed by atoms with van der Waals surface area (Å²) in [6.45, 7) is -0.0597. The smallest absolute Gasteiger partial charge is 0.298 e. The lowest BCUT2D eigenvalue weighted by atomic mass is 10.5. The van der Waals surface area contributed by atoms with Crippen LogP contribution in [0.1, 0.15) is 5.01 Å². The Bertz CT molecular complexity index is 732. The van der Waals surface area contributed by atoms with Crippen molar-refractivity contribution < 1.29 is 4.92 Å². The van der Waals surface area contributed by atoms with E-state index in [4.69, 9.17) is 5.84 Å². The summed E-state index contributed by atoms with van der Waals surface area (Å²) in [7, 11) is 0. The summed E-state index contributed by atoms with van der Waals surface area (Å²) in [4.78, 5) is 34.3. The van der Waals surface area contributed by atoms with Crippen LogP contribution in [0.2, 0.25) is 0 Å². The molecule has 2 heterocycles. The summed E-state index contributed by atoms with van der Waals surface area (Å²) in [6.07, 6.45) is 0.859. The van der Waals surface area contributed by atoms with Crippen molar-refractivity contribution in [1.29, 1.82) is 0 Å². The van der Waals surface area contributed by atoms with E-state index in [9.17, 15) is 19.7 Å². The van der Waals surface area contributed by atoms with Crippen molar-refractivity contribution in [3.8, 4) is 0 Å². The van der Waals surface area contributed by atoms with Crippen molar-refractivity contribution in [2.75, 3.05) is 5.43 Å². The number of nitrogens with two attached hydrogens (primary N) is 1. The summed E-state index contributed by atoms with van der Waals surface area (Å²) in [5.41, 5.74) is -0.262. The maximum atomic E-state index is 11.5. The third kappa shape index (κ3) is 2.63. The highest BCUT2D eigenvalue weighted by Crippen LogP contribution is 2.14. The van der Waals surface area contributed by atoms with Crippen molar-refractivity contribution in [1.82, 2.24) is 19.7 Å². The predicted octanol–water partition coefficient (Wildman–Crippen LogP) is -1.37. The first kappa shape index (κ1) is 12.8. The molecule has 100 valence electrons. The zero-order valence-electron chi connectivity index (χ0n) is 9.19. The van der Waals surface area contributed by atoms with Crippen LogP contribution >= 0.6 is 11.3 Å². The first-order valence-corrected chi connectivity index (χ1v) is 5.60. The van der Waals surface area contributed by atoms with E-state index >= 15 is 0 Å². The molecule has 0 saturated carbocycles. The van der Waals surface area contributed by atoms with E-state index in [1.54, 1.807) is 0 Å². The van der Waals surface area contributed by atoms with Crippen LogP contribution < -0.4 is 22.5 Å². The molecule has 0 atom stereocenters. The van der Waals surface area contributed by atoms with Gasteiger partial charge in [-0.25, -0.2) is 10.6 Å². The highest BCUT2D eigenvalue weighted by Gasteiger charge is 2.15. The van der Waals surface area contributed by atoms with Gasteiger partial charge in [0.15, 0.2) is 0 Å². The van der Waals surface area contributed by atoms with Gasteiger partial charge in [0, 0.05) is 0 Å². The number of hydrogen-bond donors (Lipinski definition) is 3. The summed E-state index contributed by atoms with van der Waals surface area (Å²) in [6, 6.07) is 0. The Labute approximate surface area is 107 Å². The van der Waals surface area contributed by atoms with Crippen LogP contribution in [0.5, 0.6) is 0 Å². The van der Waals surface area contributed by atoms with Crippen LogP contribution in [0, 0.1) is 10.1 Å². The summed E-state index contributed by atoms with van der Waals surface area (Å²) >= 11 is 1.07. The number of nitrogens with zero attached hydrogens (tertiary/aromatic N) is 4. The maximum absolute atomic E-state index is 11.5. The van der Waals surface area contributed by atoms with E-state index in [-0.39, 0.29) is 6.54 Å². The van der Waals surface area contributed by atoms with Gasteiger partial charge in [-0.2, -0.15) is 0 Å². The summed E-state index contributed by atoms with van der Waals surface area (Å²) in [5.74, 6) is 5.12. The second-order valence-electron chi connectivity index (χ2n) is 3.30. The minimum Gasteiger partial charge on any atom is -0.298 e. The van der Waals surface area contributed by atoms with Crippen molar-refractivity contribution in [3.05, 3.63) is 42.2 Å². The Morgan fingerprint density at radius 2 is 2.26 bits per heavy atom. The Morgan fingerprint density at radius 1 is 1.53 bits per heavy atom. The molecule has 4 N–H and O–H groups in total. The molecular weight excluding hydrogens is 278 g/mol. The molecule has 2 aromatic rings. The minimum atomic E-state index is -1.05. The SMILES string of the molecule is NNc1nnc(Cn2cc([N+](=O)[O-])c(=O)[nH]c2=O)s1. The minimum absolute atomic E-state index is 0.0597. The highest BCUT2D eigenvalue weighted by molar-refractivity contribution is 7.15. The first-order valence-electron chi connectivity index (χ1n) is 4.78. The van der Waals surface area contributed by atoms with Gasteiger partial charge in [0.05, 0.1) is 17.7 Å². The molecule has 0 radical (unpaired) electrons. The highest BCUT2D eigenvalue weighted by atomic mass is 32.1. The Balaban J connectivity index is 2.39. The monoisotopic (exact) mass is 285 g/mol. The fourth-order valence-corrected chi connectivity index (χ4v) is 1.92. The Morgan fingerprint density at radius 3 is 2.84 bits per heavy atom. The van der Waals surface area contributed by atoms with Crippen molar-refractivity contribution in [2.45, 2.75) is 6.54 Å². The number of hydrogen-bond acceptors (Lipinski definition) is 9. The number of aromatic nitrogens is 4. The molecule has 0 aliphatic heterocycles. The van der Waals surface area contributed by atoms with Gasteiger partial charge in [-0.05, 0) is 0 Å². The van der Waals surface area contributed by atoms with Gasteiger partial charge in [0.25, 0.3) is 0 Å². The average Bonchev–Trinajstić information content (AvgIpc) is 2.80. The zero-order valence-corrected chi connectivity index (χ0v) is 10.0. The van der Waals surface area contributed by atoms with E-state index in [2.05, 4.69) is 15.6 Å². The Kier molecular flexibility index (Phi) is 3.35. The lowest BCUT2D eigenvalue weighted by Gasteiger charge is -2.00. The fraction of sp³-hybridized carbons (Fsp3) is 0.143. The van der Waals surface area contributed by atoms with Gasteiger partial charge in [0.1, 0.15) is 5.01 Å². The van der Waals surface area contributed by atoms with Crippen molar-refractivity contribution in [2.24, 2.45) is 5.84 Å². The second kappa shape index (κ2) is 4.95. The van der Waals surface area contributed by atoms with Crippen LogP contribution in [0.4, 0.5) is 10.8 Å². The van der Waals surface area contributed by atoms with Gasteiger partial charge >= 0.3 is 16.9 Å². The molecule has 0 unspecified atom stereocenters. The van der Waals surface area contributed by atoms with Gasteiger partial charge in [-0.15, -0.1) is 10.2 Å². The van der Waals surface area contributed by atoms with Gasteiger partial charge in [0.2, 0.25) is 5.13 Å². The molecule has 0 amide bonds. The molecule has 19 heavy (non-hydrogen) atoms. The molecule has 0 aliphatic carbocycles. The number of nitrogens with one attached hydrogen (secondary N) is 2. The molecule has 0 fully saturated rings. The van der Waals surface area contributed by atoms with Crippen molar-refractivity contribution in [3.63, 3.8) is 0 Å². The van der Waals surface area contributed by atoms with Gasteiger partial charge in [-0.1, -0.05) is 11.3 Å². The maximum Gasteiger partial charge on any atom is 0.350 e. The van der Waals surface area contributed by atoms with E-state index in [0.29, 0.717) is 10.1 Å². The standard InChI is InChI=1S/C7H7N7O4S/c8-10-6-12-11-4(19-6)2-13-1-3(14(17)18)5(15)9-7(13)16/h1H,2,8H2,(H,10,12)(H,9,15,16). The second-order valence-corrected chi connectivity index (χ2v) is 4.37. The van der Waals surface area contributed by atoms with E-state index in [1.807, 2.05) is 4.98 Å². The molecule has 0 aromatic carbocycles. The third-order valence-corrected chi connectivity index (χ3v) is 2.92. The third-order valence-electron chi connectivity index (χ3n) is 2.08. The van der Waals surface area contributed by atoms with Crippen LogP contribution in [0.25, 0.3) is 0 Å². The van der Waals surface area contributed by atoms with Crippen LogP contribution in [-0.2, 0) is 6.54 Å². The molecule has 0 saturated heterocycles. The number of rotatable bonds is 4. The molecule has 12 heteroatoms. The number of nitrogen functional groups attached to an aromatic ring is 1. The molecule has 0 bridgehead atoms. The van der Waals surface area contributed by atoms with Crippen LogP contribution in [-0.4, -0.2) is 24.7 Å². The molecule has 0 spiro atoms. The molecule has 2 aromatic heterocycles. The number of hydrazine groups is 1. The molecule has 11 nitrogen and oxygen atoms in total. The van der Waals surface area contributed by atoms with Crippen LogP contribution in [0.3, 0.4) is 0 Å². The number of anilines is 1. The lowest BCUT2D eigenvalue weighted by Crippen LogP contribution is -2.31. The quantitative estimate of drug-likeness (QED) is 0.352. The predicted molar refractivity (Wildman–Crippen MR) is 64.8 cm³/mol. The topological polar surface area (TPSA) is 162 Å². The normalized spacial score (nSPS) is 10.4. The first-order chi connectivity index (χ1) is 9.01. The van der Waals surface area contributed by atoms with E-state index in [0.717, 1.165) is 22.1 Å². The number of aromatic amines is 1. The molecule has 0 aliphatic rings. The van der Waals surface area contributed by atoms with Crippen molar-refractivity contribution >= 4 is 22.2 Å². The van der Waals surface area contributed by atoms with E-state index < -0.39 is 21.9 Å². The molecular formula is C7H7N7O4S. The average molecular weight is 285 g/mol. The van der Waals surface area contributed by atoms with Crippen LogP contribution in [0.15, 0.2) is 15.8 Å². The zero-order chi connectivity index (χ0) is 14.0. The summed E-state index contributed by atoms with van der Waals surface area (Å²) in [5, 5.41) is 18.7. The largest absolute Gasteiger partial charge is 0.350 e. The Hall–Kier alpha value is -2.60. The van der Waals surface area contributed by atoms with Gasteiger partial charge < -0.3 is 0 Å². The molecule has 2 rings (SSSR count). The fourth-order valence-electron chi connectivity index (χ4n) is 1.27.